The van der Waals surface area contributed by atoms with Crippen molar-refractivity contribution in [2.75, 3.05) is 12.0 Å². The van der Waals surface area contributed by atoms with Gasteiger partial charge in [0.2, 0.25) is 5.91 Å². The Morgan fingerprint density at radius 2 is 2.05 bits per heavy atom. The maximum atomic E-state index is 14.1. The smallest absolute Gasteiger partial charge is 0.340 e. The average Bonchev–Trinajstić information content (AvgIpc) is 2.39. The molecule has 0 saturated heterocycles. The summed E-state index contributed by atoms with van der Waals surface area (Å²) < 4.78 is 32.5. The third-order valence-corrected chi connectivity index (χ3v) is 3.43. The number of fused-ring (bicyclic) bond motifs is 1. The van der Waals surface area contributed by atoms with E-state index in [0.717, 1.165) is 18.1 Å². The first kappa shape index (κ1) is 14.4. The molecule has 1 aliphatic heterocycles. The Bertz CT molecular complexity index is 574. The summed E-state index contributed by atoms with van der Waals surface area (Å²) in [5, 5.41) is 0. The summed E-state index contributed by atoms with van der Waals surface area (Å²) in [4.78, 5) is 24.0. The number of amides is 1. The monoisotopic (exact) mass is 283 g/mol. The zero-order valence-corrected chi connectivity index (χ0v) is 11.4. The van der Waals surface area contributed by atoms with Crippen LogP contribution >= 0.6 is 0 Å². The van der Waals surface area contributed by atoms with Gasteiger partial charge >= 0.3 is 5.97 Å². The van der Waals surface area contributed by atoms with Gasteiger partial charge in [0.15, 0.2) is 6.30 Å². The maximum absolute atomic E-state index is 14.1. The van der Waals surface area contributed by atoms with Gasteiger partial charge < -0.3 is 4.74 Å². The van der Waals surface area contributed by atoms with Gasteiger partial charge in [-0.2, -0.15) is 0 Å². The Labute approximate surface area is 115 Å². The number of alkyl halides is 1. The fourth-order valence-corrected chi connectivity index (χ4v) is 2.44. The molecule has 4 nitrogen and oxygen atoms in total. The van der Waals surface area contributed by atoms with Crippen LogP contribution in [0.3, 0.4) is 0 Å². The van der Waals surface area contributed by atoms with Crippen molar-refractivity contribution in [3.05, 3.63) is 29.1 Å². The molecule has 6 heteroatoms. The van der Waals surface area contributed by atoms with Crippen LogP contribution in [0.2, 0.25) is 0 Å². The molecule has 1 aromatic rings. The van der Waals surface area contributed by atoms with E-state index >= 15 is 0 Å². The molecule has 108 valence electrons. The number of anilines is 1. The van der Waals surface area contributed by atoms with E-state index in [1.54, 1.807) is 6.92 Å². The third kappa shape index (κ3) is 2.26. The molecule has 1 aliphatic rings. The molecular formula is C14H15F2NO3. The van der Waals surface area contributed by atoms with E-state index in [9.17, 15) is 18.4 Å². The highest BCUT2D eigenvalue weighted by molar-refractivity contribution is 5.95. The molecule has 0 aliphatic carbocycles. The Kier molecular flexibility index (Phi) is 3.74. The summed E-state index contributed by atoms with van der Waals surface area (Å²) in [5.74, 6) is -2.56. The number of rotatable bonds is 1. The van der Waals surface area contributed by atoms with Crippen LogP contribution in [0.1, 0.15) is 29.8 Å². The molecule has 0 saturated carbocycles. The van der Waals surface area contributed by atoms with E-state index in [2.05, 4.69) is 4.74 Å². The summed E-state index contributed by atoms with van der Waals surface area (Å²) in [6.45, 7) is 2.88. The lowest BCUT2D eigenvalue weighted by Gasteiger charge is -2.36. The number of hydrogen-bond acceptors (Lipinski definition) is 3. The van der Waals surface area contributed by atoms with E-state index < -0.39 is 29.9 Å². The number of methoxy groups -OCH3 is 1. The van der Waals surface area contributed by atoms with Crippen molar-refractivity contribution in [3.63, 3.8) is 0 Å². The van der Waals surface area contributed by atoms with Crippen molar-refractivity contribution in [3.8, 4) is 0 Å². The van der Waals surface area contributed by atoms with Gasteiger partial charge in [0.1, 0.15) is 5.82 Å². The number of nitrogens with zero attached hydrogens (tertiary/aromatic N) is 1. The van der Waals surface area contributed by atoms with Crippen LogP contribution in [-0.2, 0) is 16.0 Å². The zero-order chi connectivity index (χ0) is 15.0. The normalized spacial score (nSPS) is 21.4. The van der Waals surface area contributed by atoms with Gasteiger partial charge in [-0.15, -0.1) is 0 Å². The summed E-state index contributed by atoms with van der Waals surface area (Å²) >= 11 is 0. The maximum Gasteiger partial charge on any atom is 0.340 e. The van der Waals surface area contributed by atoms with Crippen molar-refractivity contribution < 1.29 is 23.1 Å². The van der Waals surface area contributed by atoms with Gasteiger partial charge in [0.05, 0.1) is 18.4 Å². The van der Waals surface area contributed by atoms with Crippen LogP contribution < -0.4 is 4.90 Å². The third-order valence-electron chi connectivity index (χ3n) is 3.43. The lowest BCUT2D eigenvalue weighted by Crippen LogP contribution is -2.44. The highest BCUT2D eigenvalue weighted by Gasteiger charge is 2.35. The molecule has 0 spiro atoms. The molecule has 20 heavy (non-hydrogen) atoms. The predicted molar refractivity (Wildman–Crippen MR) is 68.7 cm³/mol. The molecule has 0 fully saturated rings. The fraction of sp³-hybridized carbons (Fsp3) is 0.429. The second kappa shape index (κ2) is 5.19. The average molecular weight is 283 g/mol. The molecule has 1 unspecified atom stereocenters. The Balaban J connectivity index is 2.58. The number of esters is 1. The molecule has 0 bridgehead atoms. The molecule has 1 heterocycles. The van der Waals surface area contributed by atoms with E-state index in [-0.39, 0.29) is 11.3 Å². The zero-order valence-electron chi connectivity index (χ0n) is 11.4. The number of carbonyl (C=O) groups excluding carboxylic acids is 2. The minimum absolute atomic E-state index is 0.174. The number of benzene rings is 1. The van der Waals surface area contributed by atoms with E-state index in [1.807, 2.05) is 0 Å². The van der Waals surface area contributed by atoms with Crippen LogP contribution in [-0.4, -0.2) is 25.3 Å². The largest absolute Gasteiger partial charge is 0.465 e. The summed E-state index contributed by atoms with van der Waals surface area (Å²) in [7, 11) is 1.16. The number of halogens is 2. The van der Waals surface area contributed by atoms with Crippen LogP contribution in [0, 0.1) is 11.7 Å². The molecular weight excluding hydrogens is 268 g/mol. The van der Waals surface area contributed by atoms with Gasteiger partial charge in [-0.3, -0.25) is 9.69 Å². The van der Waals surface area contributed by atoms with Crippen molar-refractivity contribution in [1.82, 2.24) is 0 Å². The Morgan fingerprint density at radius 1 is 1.40 bits per heavy atom. The first-order valence-corrected chi connectivity index (χ1v) is 6.21. The van der Waals surface area contributed by atoms with E-state index in [1.165, 1.54) is 13.0 Å². The highest BCUT2D eigenvalue weighted by Crippen LogP contribution is 2.36. The van der Waals surface area contributed by atoms with Gasteiger partial charge in [-0.25, -0.2) is 13.6 Å². The quantitative estimate of drug-likeness (QED) is 0.587. The highest BCUT2D eigenvalue weighted by atomic mass is 19.1. The number of ether oxygens (including phenoxy) is 1. The topological polar surface area (TPSA) is 46.6 Å². The van der Waals surface area contributed by atoms with Crippen molar-refractivity contribution in [2.45, 2.75) is 26.6 Å². The van der Waals surface area contributed by atoms with Crippen molar-refractivity contribution >= 4 is 17.6 Å². The Morgan fingerprint density at radius 3 is 2.60 bits per heavy atom. The van der Waals surface area contributed by atoms with E-state index in [4.69, 9.17) is 0 Å². The van der Waals surface area contributed by atoms with Crippen molar-refractivity contribution in [1.29, 1.82) is 0 Å². The molecule has 0 aromatic heterocycles. The molecule has 1 amide bonds. The van der Waals surface area contributed by atoms with Crippen LogP contribution in [0.4, 0.5) is 14.5 Å². The minimum Gasteiger partial charge on any atom is -0.465 e. The predicted octanol–water partition coefficient (Wildman–Crippen LogP) is 2.45. The lowest BCUT2D eigenvalue weighted by molar-refractivity contribution is -0.118. The first-order chi connectivity index (χ1) is 9.36. The van der Waals surface area contributed by atoms with Gasteiger partial charge in [-0.1, -0.05) is 6.92 Å². The van der Waals surface area contributed by atoms with Gasteiger partial charge in [0.25, 0.3) is 0 Å². The van der Waals surface area contributed by atoms with Gasteiger partial charge in [0, 0.05) is 12.8 Å². The molecule has 1 aromatic carbocycles. The molecule has 0 N–H and O–H groups in total. The van der Waals surface area contributed by atoms with Gasteiger partial charge in [-0.05, 0) is 24.1 Å². The molecule has 2 rings (SSSR count). The van der Waals surface area contributed by atoms with Crippen molar-refractivity contribution in [2.24, 2.45) is 5.92 Å². The molecule has 2 atom stereocenters. The first-order valence-electron chi connectivity index (χ1n) is 6.21. The van der Waals surface area contributed by atoms with Crippen LogP contribution in [0.25, 0.3) is 0 Å². The second-order valence-corrected chi connectivity index (χ2v) is 4.90. The van der Waals surface area contributed by atoms with Crippen LogP contribution in [0.15, 0.2) is 12.1 Å². The minimum atomic E-state index is -1.50. The SMILES string of the molecule is COC(=O)c1cc2c(cc1F)N(C(C)=O)[C@@H](F)C(C)C2. The Hall–Kier alpha value is -1.98. The second-order valence-electron chi connectivity index (χ2n) is 4.90. The summed E-state index contributed by atoms with van der Waals surface area (Å²) in [6, 6.07) is 2.34. The fourth-order valence-electron chi connectivity index (χ4n) is 2.44. The number of hydrogen-bond donors (Lipinski definition) is 0. The standard InChI is InChI=1S/C14H15F2NO3/c1-7-4-9-5-10(14(19)20-3)11(15)6-12(9)17(8(2)18)13(7)16/h5-7,13H,4H2,1-3H3/t7?,13-/m1/s1. The summed E-state index contributed by atoms with van der Waals surface area (Å²) in [6.07, 6.45) is -1.17. The number of carbonyl (C=O) groups is 2. The lowest BCUT2D eigenvalue weighted by atomic mass is 9.91. The van der Waals surface area contributed by atoms with Crippen LogP contribution in [0.5, 0.6) is 0 Å². The van der Waals surface area contributed by atoms with E-state index in [0.29, 0.717) is 12.0 Å². The molecule has 0 radical (unpaired) electrons. The summed E-state index contributed by atoms with van der Waals surface area (Å²) in [5.41, 5.74) is 0.524.